The topological polar surface area (TPSA) is 93.5 Å². The summed E-state index contributed by atoms with van der Waals surface area (Å²) in [6.07, 6.45) is -0.0337. The van der Waals surface area contributed by atoms with Gasteiger partial charge in [-0.25, -0.2) is 4.79 Å². The molecule has 0 aromatic carbocycles. The molecule has 0 saturated carbocycles. The fourth-order valence-corrected chi connectivity index (χ4v) is 3.12. The van der Waals surface area contributed by atoms with Gasteiger partial charge in [-0.05, 0) is 22.6 Å². The summed E-state index contributed by atoms with van der Waals surface area (Å²) in [4.78, 5) is 25.7. The van der Waals surface area contributed by atoms with Crippen molar-refractivity contribution in [2.45, 2.75) is 32.3 Å². The molecule has 0 aliphatic carbocycles. The minimum atomic E-state index is -0.623. The molecule has 1 aliphatic rings. The average molecular weight is 396 g/mol. The van der Waals surface area contributed by atoms with Crippen LogP contribution in [0.3, 0.4) is 0 Å². The van der Waals surface area contributed by atoms with Gasteiger partial charge in [0.25, 0.3) is 5.56 Å². The Bertz CT molecular complexity index is 609. The fraction of sp³-hybridized carbons (Fsp3) is 0.667. The number of hydrogen-bond donors (Lipinski definition) is 2. The van der Waals surface area contributed by atoms with E-state index < -0.39 is 29.0 Å². The first kappa shape index (κ1) is 15.7. The highest BCUT2D eigenvalue weighted by molar-refractivity contribution is 14.1. The molecule has 112 valence electrons. The van der Waals surface area contributed by atoms with Crippen LogP contribution in [-0.2, 0) is 9.47 Å². The first-order chi connectivity index (χ1) is 9.32. The normalized spacial score (nSPS) is 28.8. The van der Waals surface area contributed by atoms with Gasteiger partial charge < -0.3 is 14.6 Å². The van der Waals surface area contributed by atoms with Crippen molar-refractivity contribution in [3.8, 4) is 0 Å². The molecule has 1 aromatic rings. The Morgan fingerprint density at radius 2 is 2.20 bits per heavy atom. The molecule has 7 nitrogen and oxygen atoms in total. The first-order valence-electron chi connectivity index (χ1n) is 6.13. The van der Waals surface area contributed by atoms with Gasteiger partial charge in [0.15, 0.2) is 0 Å². The molecule has 20 heavy (non-hydrogen) atoms. The van der Waals surface area contributed by atoms with Crippen LogP contribution in [0.1, 0.15) is 20.1 Å². The minimum Gasteiger partial charge on any atom is -0.394 e. The van der Waals surface area contributed by atoms with Crippen LogP contribution in [0, 0.1) is 8.99 Å². The van der Waals surface area contributed by atoms with E-state index in [4.69, 9.17) is 9.47 Å². The highest BCUT2D eigenvalue weighted by Gasteiger charge is 2.52. The van der Waals surface area contributed by atoms with Crippen LogP contribution in [0.4, 0.5) is 0 Å². The predicted octanol–water partition coefficient (Wildman–Crippen LogP) is 0.0721. The summed E-state index contributed by atoms with van der Waals surface area (Å²) in [5.41, 5.74) is -1.50. The number of methoxy groups -OCH3 is 1. The van der Waals surface area contributed by atoms with Crippen molar-refractivity contribution >= 4 is 22.6 Å². The predicted molar refractivity (Wildman–Crippen MR) is 79.6 cm³/mol. The van der Waals surface area contributed by atoms with Crippen LogP contribution in [0.25, 0.3) is 0 Å². The molecular weight excluding hydrogens is 379 g/mol. The lowest BCUT2D eigenvalue weighted by Crippen LogP contribution is -2.41. The number of nitrogens with one attached hydrogen (secondary N) is 1. The van der Waals surface area contributed by atoms with Crippen LogP contribution in [0.15, 0.2) is 15.8 Å². The number of halogens is 1. The van der Waals surface area contributed by atoms with E-state index in [9.17, 15) is 14.7 Å². The van der Waals surface area contributed by atoms with Crippen molar-refractivity contribution in [3.05, 3.63) is 30.6 Å². The molecular formula is C12H17IN2O5. The number of aromatic amines is 1. The number of ether oxygens (including phenoxy) is 2. The van der Waals surface area contributed by atoms with Crippen LogP contribution >= 0.6 is 22.6 Å². The van der Waals surface area contributed by atoms with Gasteiger partial charge in [0.2, 0.25) is 0 Å². The molecule has 2 heterocycles. The van der Waals surface area contributed by atoms with Gasteiger partial charge in [-0.2, -0.15) is 0 Å². The van der Waals surface area contributed by atoms with E-state index in [1.165, 1.54) is 10.8 Å². The van der Waals surface area contributed by atoms with Crippen LogP contribution in [-0.4, -0.2) is 40.6 Å². The molecule has 2 N–H and O–H groups in total. The van der Waals surface area contributed by atoms with E-state index in [2.05, 4.69) is 4.98 Å². The molecule has 0 bridgehead atoms. The number of aliphatic hydroxyl groups is 1. The molecule has 0 radical (unpaired) electrons. The van der Waals surface area contributed by atoms with Gasteiger partial charge >= 0.3 is 5.69 Å². The molecule has 3 unspecified atom stereocenters. The third-order valence-electron chi connectivity index (χ3n) is 3.62. The monoisotopic (exact) mass is 396 g/mol. The second-order valence-corrected chi connectivity index (χ2v) is 6.49. The lowest BCUT2D eigenvalue weighted by molar-refractivity contribution is -0.0560. The van der Waals surface area contributed by atoms with E-state index >= 15 is 0 Å². The maximum absolute atomic E-state index is 12.0. The van der Waals surface area contributed by atoms with Crippen molar-refractivity contribution in [2.75, 3.05) is 13.7 Å². The van der Waals surface area contributed by atoms with Crippen LogP contribution < -0.4 is 11.2 Å². The second-order valence-electron chi connectivity index (χ2n) is 5.33. The zero-order valence-electron chi connectivity index (χ0n) is 11.4. The Labute approximate surface area is 129 Å². The van der Waals surface area contributed by atoms with Crippen molar-refractivity contribution < 1.29 is 14.6 Å². The lowest BCUT2D eigenvalue weighted by Gasteiger charge is -2.30. The van der Waals surface area contributed by atoms with Gasteiger partial charge in [0, 0.05) is 18.7 Å². The summed E-state index contributed by atoms with van der Waals surface area (Å²) >= 11 is 1.85. The molecule has 2 rings (SSSR count). The van der Waals surface area contributed by atoms with Crippen molar-refractivity contribution in [3.63, 3.8) is 0 Å². The quantitative estimate of drug-likeness (QED) is 0.706. The van der Waals surface area contributed by atoms with Gasteiger partial charge in [0.05, 0.1) is 16.3 Å². The summed E-state index contributed by atoms with van der Waals surface area (Å²) in [5.74, 6) is 0. The second kappa shape index (κ2) is 5.58. The standard InChI is InChI=1S/C12H17IN2O5/c1-12(2)8(19-3)7(5-16)20-10(12)15-4-6(13)9(17)14-11(15)18/h4,7-8,10,16H,5H2,1-3H3,(H,14,17,18). The van der Waals surface area contributed by atoms with Crippen molar-refractivity contribution in [2.24, 2.45) is 5.41 Å². The van der Waals surface area contributed by atoms with Gasteiger partial charge in [-0.3, -0.25) is 14.3 Å². The fourth-order valence-electron chi connectivity index (χ4n) is 2.69. The Morgan fingerprint density at radius 3 is 2.70 bits per heavy atom. The SMILES string of the molecule is COC1C(CO)OC(n2cc(I)c(=O)[nH]c2=O)C1(C)C. The Hall–Kier alpha value is -0.710. The minimum absolute atomic E-state index is 0.201. The molecule has 8 heteroatoms. The van der Waals surface area contributed by atoms with Crippen LogP contribution in [0.5, 0.6) is 0 Å². The molecule has 1 aliphatic heterocycles. The number of hydrogen-bond acceptors (Lipinski definition) is 5. The first-order valence-corrected chi connectivity index (χ1v) is 7.21. The lowest BCUT2D eigenvalue weighted by atomic mass is 9.84. The van der Waals surface area contributed by atoms with E-state index in [0.717, 1.165) is 0 Å². The number of aliphatic hydroxyl groups excluding tert-OH is 1. The largest absolute Gasteiger partial charge is 0.394 e. The Kier molecular flexibility index (Phi) is 4.38. The van der Waals surface area contributed by atoms with E-state index in [1.807, 2.05) is 36.4 Å². The van der Waals surface area contributed by atoms with Gasteiger partial charge in [-0.15, -0.1) is 0 Å². The Balaban J connectivity index is 2.51. The Morgan fingerprint density at radius 1 is 1.55 bits per heavy atom. The summed E-state index contributed by atoms with van der Waals surface area (Å²) < 4.78 is 12.9. The number of aromatic nitrogens is 2. The maximum Gasteiger partial charge on any atom is 0.330 e. The third kappa shape index (κ3) is 2.45. The molecule has 1 fully saturated rings. The zero-order valence-corrected chi connectivity index (χ0v) is 13.6. The van der Waals surface area contributed by atoms with E-state index in [-0.39, 0.29) is 12.7 Å². The van der Waals surface area contributed by atoms with E-state index in [0.29, 0.717) is 3.57 Å². The summed E-state index contributed by atoms with van der Waals surface area (Å²) in [5, 5.41) is 9.38. The molecule has 1 saturated heterocycles. The number of nitrogens with zero attached hydrogens (tertiary/aromatic N) is 1. The average Bonchev–Trinajstić information content (AvgIpc) is 2.64. The number of rotatable bonds is 3. The zero-order chi connectivity index (χ0) is 15.1. The smallest absolute Gasteiger partial charge is 0.330 e. The molecule has 3 atom stereocenters. The van der Waals surface area contributed by atoms with Crippen molar-refractivity contribution in [1.82, 2.24) is 9.55 Å². The summed E-state index contributed by atoms with van der Waals surface area (Å²) in [6, 6.07) is 0. The maximum atomic E-state index is 12.0. The third-order valence-corrected chi connectivity index (χ3v) is 4.39. The van der Waals surface area contributed by atoms with Gasteiger partial charge in [-0.1, -0.05) is 13.8 Å². The summed E-state index contributed by atoms with van der Waals surface area (Å²) in [7, 11) is 1.54. The van der Waals surface area contributed by atoms with Crippen molar-refractivity contribution in [1.29, 1.82) is 0 Å². The summed E-state index contributed by atoms with van der Waals surface area (Å²) in [6.45, 7) is 3.59. The molecule has 0 spiro atoms. The van der Waals surface area contributed by atoms with Crippen LogP contribution in [0.2, 0.25) is 0 Å². The molecule has 0 amide bonds. The highest BCUT2D eigenvalue weighted by atomic mass is 127. The highest BCUT2D eigenvalue weighted by Crippen LogP contribution is 2.45. The van der Waals surface area contributed by atoms with E-state index in [1.54, 1.807) is 7.11 Å². The molecule has 1 aromatic heterocycles. The number of H-pyrrole nitrogens is 1. The van der Waals surface area contributed by atoms with Gasteiger partial charge in [0.1, 0.15) is 12.3 Å².